The molecule has 0 amide bonds. The van der Waals surface area contributed by atoms with Gasteiger partial charge in [0.2, 0.25) is 6.10 Å². The summed E-state index contributed by atoms with van der Waals surface area (Å²) >= 11 is 5.50. The third kappa shape index (κ3) is 5.32. The number of methoxy groups -OCH3 is 2. The molecule has 8 heteroatoms. The zero-order valence-corrected chi connectivity index (χ0v) is 15.8. The maximum Gasteiger partial charge on any atom is 0.348 e. The van der Waals surface area contributed by atoms with Gasteiger partial charge >= 0.3 is 11.9 Å². The molecule has 1 aromatic carbocycles. The first-order valence-electron chi connectivity index (χ1n) is 8.52. The minimum absolute atomic E-state index is 0.188. The second kappa shape index (κ2) is 9.96. The fourth-order valence-electron chi connectivity index (χ4n) is 2.64. The van der Waals surface area contributed by atoms with E-state index in [0.29, 0.717) is 23.8 Å². The van der Waals surface area contributed by atoms with Crippen molar-refractivity contribution in [3.8, 4) is 5.75 Å². The number of unbranched alkanes of at least 4 members (excludes halogenated alkanes) is 2. The molecule has 0 unspecified atom stereocenters. The number of fused-ring (bicyclic) bond motifs is 1. The van der Waals surface area contributed by atoms with Crippen molar-refractivity contribution in [3.63, 3.8) is 0 Å². The molecule has 0 fully saturated rings. The van der Waals surface area contributed by atoms with Gasteiger partial charge in [-0.2, -0.15) is 0 Å². The summed E-state index contributed by atoms with van der Waals surface area (Å²) in [6.45, 7) is 0.973. The van der Waals surface area contributed by atoms with Gasteiger partial charge in [-0.1, -0.05) is 18.6 Å². The molecule has 0 radical (unpaired) electrons. The molecule has 0 saturated carbocycles. The number of carbonyl (C=O) groups is 2. The molecule has 1 heterocycles. The summed E-state index contributed by atoms with van der Waals surface area (Å²) in [7, 11) is 2.73. The first-order chi connectivity index (χ1) is 12.6. The van der Waals surface area contributed by atoms with Crippen molar-refractivity contribution >= 4 is 35.0 Å². The number of rotatable bonds is 7. The van der Waals surface area contributed by atoms with Gasteiger partial charge in [-0.3, -0.25) is 4.79 Å². The molecule has 1 aliphatic rings. The van der Waals surface area contributed by atoms with Crippen LogP contribution in [0.3, 0.4) is 0 Å². The molecule has 1 aliphatic heterocycles. The lowest BCUT2D eigenvalue weighted by molar-refractivity contribution is -0.148. The number of hydrogen-bond donors (Lipinski definition) is 1. The summed E-state index contributed by atoms with van der Waals surface area (Å²) in [5.74, 6) is -0.0289. The highest BCUT2D eigenvalue weighted by Gasteiger charge is 2.32. The summed E-state index contributed by atoms with van der Waals surface area (Å²) in [5.41, 5.74) is 0.816. The monoisotopic (exact) mass is 380 g/mol. The Morgan fingerprint density at radius 3 is 2.73 bits per heavy atom. The van der Waals surface area contributed by atoms with Crippen LogP contribution in [0.5, 0.6) is 5.75 Å². The molecule has 142 valence electrons. The lowest BCUT2D eigenvalue weighted by Gasteiger charge is -2.35. The zero-order chi connectivity index (χ0) is 18.9. The average molecular weight is 380 g/mol. The summed E-state index contributed by atoms with van der Waals surface area (Å²) in [6, 6.07) is 7.43. The number of ether oxygens (including phenoxy) is 3. The molecule has 26 heavy (non-hydrogen) atoms. The van der Waals surface area contributed by atoms with Crippen LogP contribution in [-0.2, 0) is 19.1 Å². The normalized spacial score (nSPS) is 15.5. The second-order valence-corrected chi connectivity index (χ2v) is 6.21. The Bertz CT molecular complexity index is 652. The molecule has 7 nitrogen and oxygen atoms in total. The van der Waals surface area contributed by atoms with Crippen molar-refractivity contribution in [1.82, 2.24) is 5.32 Å². The van der Waals surface area contributed by atoms with Gasteiger partial charge in [-0.15, -0.1) is 0 Å². The number of anilines is 1. The Morgan fingerprint density at radius 1 is 1.23 bits per heavy atom. The van der Waals surface area contributed by atoms with E-state index >= 15 is 0 Å². The number of thiocarbonyl (C=S) groups is 1. The SMILES string of the molecule is COC(=O)CCCCCNC(=S)N1C[C@@H](C(=O)OC)Oc2ccccc21. The highest BCUT2D eigenvalue weighted by molar-refractivity contribution is 7.80. The highest BCUT2D eigenvalue weighted by atomic mass is 32.1. The smallest absolute Gasteiger partial charge is 0.348 e. The van der Waals surface area contributed by atoms with Gasteiger partial charge in [0.15, 0.2) is 5.11 Å². The van der Waals surface area contributed by atoms with Crippen molar-refractivity contribution in [1.29, 1.82) is 0 Å². The van der Waals surface area contributed by atoms with E-state index in [2.05, 4.69) is 10.1 Å². The van der Waals surface area contributed by atoms with E-state index in [0.717, 1.165) is 24.9 Å². The standard InChI is InChI=1S/C18H24N2O5S/c1-23-16(21)10-4-3-7-11-19-18(26)20-12-15(17(22)24-2)25-14-9-6-5-8-13(14)20/h5-6,8-9,15H,3-4,7,10-12H2,1-2H3,(H,19,26)/t15-/m0/s1. The maximum atomic E-state index is 11.9. The van der Waals surface area contributed by atoms with Crippen molar-refractivity contribution in [2.45, 2.75) is 31.8 Å². The van der Waals surface area contributed by atoms with Crippen LogP contribution in [-0.4, -0.2) is 50.5 Å². The lowest BCUT2D eigenvalue weighted by Crippen LogP contribution is -2.50. The van der Waals surface area contributed by atoms with Gasteiger partial charge in [-0.05, 0) is 37.2 Å². The molecule has 2 rings (SSSR count). The summed E-state index contributed by atoms with van der Waals surface area (Å²) < 4.78 is 15.1. The van der Waals surface area contributed by atoms with E-state index in [1.807, 2.05) is 23.1 Å². The van der Waals surface area contributed by atoms with E-state index in [4.69, 9.17) is 21.7 Å². The molecular weight excluding hydrogens is 356 g/mol. The number of esters is 2. The van der Waals surface area contributed by atoms with Gasteiger partial charge in [-0.25, -0.2) is 4.79 Å². The molecular formula is C18H24N2O5S. The third-order valence-corrected chi connectivity index (χ3v) is 4.41. The number of carbonyl (C=O) groups excluding carboxylic acids is 2. The van der Waals surface area contributed by atoms with Crippen LogP contribution in [0.25, 0.3) is 0 Å². The van der Waals surface area contributed by atoms with Crippen LogP contribution in [0, 0.1) is 0 Å². The van der Waals surface area contributed by atoms with Crippen LogP contribution < -0.4 is 15.0 Å². The Morgan fingerprint density at radius 2 is 2.00 bits per heavy atom. The Hall–Kier alpha value is -2.35. The molecule has 0 bridgehead atoms. The molecule has 1 aromatic rings. The van der Waals surface area contributed by atoms with Crippen LogP contribution >= 0.6 is 12.2 Å². The predicted octanol–water partition coefficient (Wildman–Crippen LogP) is 2.03. The zero-order valence-electron chi connectivity index (χ0n) is 15.0. The number of nitrogens with one attached hydrogen (secondary N) is 1. The van der Waals surface area contributed by atoms with Crippen LogP contribution in [0.1, 0.15) is 25.7 Å². The van der Waals surface area contributed by atoms with Gasteiger partial charge in [0.05, 0.1) is 26.5 Å². The molecule has 0 aromatic heterocycles. The lowest BCUT2D eigenvalue weighted by atomic mass is 10.2. The number of para-hydroxylation sites is 2. The van der Waals surface area contributed by atoms with Crippen molar-refractivity contribution in [3.05, 3.63) is 24.3 Å². The highest BCUT2D eigenvalue weighted by Crippen LogP contribution is 2.33. The fraction of sp³-hybridized carbons (Fsp3) is 0.500. The predicted molar refractivity (Wildman–Crippen MR) is 101 cm³/mol. The van der Waals surface area contributed by atoms with Crippen molar-refractivity contribution in [2.75, 3.05) is 32.2 Å². The first-order valence-corrected chi connectivity index (χ1v) is 8.93. The van der Waals surface area contributed by atoms with Crippen molar-refractivity contribution in [2.24, 2.45) is 0 Å². The minimum Gasteiger partial charge on any atom is -0.475 e. The van der Waals surface area contributed by atoms with Crippen LogP contribution in [0.15, 0.2) is 24.3 Å². The van der Waals surface area contributed by atoms with Crippen molar-refractivity contribution < 1.29 is 23.8 Å². The summed E-state index contributed by atoms with van der Waals surface area (Å²) in [6.07, 6.45) is 2.26. The first kappa shape index (κ1) is 20.0. The summed E-state index contributed by atoms with van der Waals surface area (Å²) in [5, 5.41) is 3.74. The van der Waals surface area contributed by atoms with E-state index in [1.54, 1.807) is 6.07 Å². The van der Waals surface area contributed by atoms with E-state index in [1.165, 1.54) is 14.2 Å². The third-order valence-electron chi connectivity index (χ3n) is 4.04. The number of hydrogen-bond acceptors (Lipinski definition) is 6. The Balaban J connectivity index is 1.88. The molecule has 0 spiro atoms. The van der Waals surface area contributed by atoms with Crippen LogP contribution in [0.2, 0.25) is 0 Å². The maximum absolute atomic E-state index is 11.9. The Labute approximate surface area is 158 Å². The quantitative estimate of drug-likeness (QED) is 0.437. The summed E-state index contributed by atoms with van der Waals surface area (Å²) in [4.78, 5) is 24.8. The van der Waals surface area contributed by atoms with E-state index in [-0.39, 0.29) is 12.5 Å². The van der Waals surface area contributed by atoms with E-state index < -0.39 is 12.1 Å². The molecule has 1 atom stereocenters. The topological polar surface area (TPSA) is 77.1 Å². The van der Waals surface area contributed by atoms with Gasteiger partial charge in [0.25, 0.3) is 0 Å². The molecule has 0 saturated heterocycles. The van der Waals surface area contributed by atoms with Gasteiger partial charge < -0.3 is 24.4 Å². The Kier molecular flexibility index (Phi) is 7.65. The van der Waals surface area contributed by atoms with Gasteiger partial charge in [0, 0.05) is 13.0 Å². The number of benzene rings is 1. The minimum atomic E-state index is -0.727. The average Bonchev–Trinajstić information content (AvgIpc) is 2.68. The molecule has 1 N–H and O–H groups in total. The molecule has 0 aliphatic carbocycles. The van der Waals surface area contributed by atoms with E-state index in [9.17, 15) is 9.59 Å². The van der Waals surface area contributed by atoms with Gasteiger partial charge in [0.1, 0.15) is 5.75 Å². The largest absolute Gasteiger partial charge is 0.475 e. The second-order valence-electron chi connectivity index (χ2n) is 5.83. The van der Waals surface area contributed by atoms with Crippen LogP contribution in [0.4, 0.5) is 5.69 Å². The fourth-order valence-corrected chi connectivity index (χ4v) is 2.92. The number of nitrogens with zero attached hydrogens (tertiary/aromatic N) is 1.